The Labute approximate surface area is 121 Å². The number of nitrogens with zero attached hydrogens (tertiary/aromatic N) is 1. The van der Waals surface area contributed by atoms with Crippen LogP contribution in [0.1, 0.15) is 42.1 Å². The molecule has 0 atom stereocenters. The maximum atomic E-state index is 12.4. The number of carbonyl (C=O) groups excluding carboxylic acids is 2. The van der Waals surface area contributed by atoms with Crippen molar-refractivity contribution in [3.63, 3.8) is 0 Å². The molecule has 1 fully saturated rings. The highest BCUT2D eigenvalue weighted by Crippen LogP contribution is 2.37. The molecule has 0 saturated heterocycles. The fraction of sp³-hybridized carbons (Fsp3) is 0.467. The van der Waals surface area contributed by atoms with Crippen molar-refractivity contribution in [1.29, 1.82) is 0 Å². The van der Waals surface area contributed by atoms with Gasteiger partial charge in [0.1, 0.15) is 0 Å². The van der Waals surface area contributed by atoms with E-state index in [9.17, 15) is 9.59 Å². The lowest BCUT2D eigenvalue weighted by Gasteiger charge is -2.25. The van der Waals surface area contributed by atoms with E-state index in [1.807, 2.05) is 12.1 Å². The molecule has 1 aliphatic carbocycles. The highest BCUT2D eigenvalue weighted by molar-refractivity contribution is 9.10. The molecule has 1 amide bonds. The van der Waals surface area contributed by atoms with Crippen LogP contribution in [0.5, 0.6) is 0 Å². The maximum absolute atomic E-state index is 12.4. The van der Waals surface area contributed by atoms with Crippen LogP contribution in [0, 0.1) is 5.92 Å². The number of hydrogen-bond donors (Lipinski definition) is 0. The Bertz CT molecular complexity index is 564. The molecule has 3 rings (SSSR count). The summed E-state index contributed by atoms with van der Waals surface area (Å²) in [5, 5.41) is 0. The van der Waals surface area contributed by atoms with Crippen LogP contribution in [0.3, 0.4) is 0 Å². The number of benzene rings is 1. The van der Waals surface area contributed by atoms with Gasteiger partial charge >= 0.3 is 0 Å². The van der Waals surface area contributed by atoms with E-state index >= 15 is 0 Å². The van der Waals surface area contributed by atoms with Crippen LogP contribution in [0.15, 0.2) is 16.6 Å². The van der Waals surface area contributed by atoms with E-state index < -0.39 is 0 Å². The van der Waals surface area contributed by atoms with E-state index in [1.165, 1.54) is 0 Å². The summed E-state index contributed by atoms with van der Waals surface area (Å²) in [6, 6.07) is 3.90. The van der Waals surface area contributed by atoms with E-state index in [0.29, 0.717) is 0 Å². The Balaban J connectivity index is 2.00. The molecular formula is C15H16BrNO2. The van der Waals surface area contributed by atoms with Crippen LogP contribution < -0.4 is 4.90 Å². The molecule has 0 unspecified atom stereocenters. The molecule has 1 aliphatic heterocycles. The number of anilines is 1. The number of rotatable bonds is 2. The molecule has 0 aromatic heterocycles. The van der Waals surface area contributed by atoms with Crippen molar-refractivity contribution in [1.82, 2.24) is 0 Å². The SMILES string of the molecule is CC(=O)N1CCc2cc(Br)c(C(=O)C3CCC3)cc21. The number of amides is 1. The van der Waals surface area contributed by atoms with Gasteiger partial charge in [-0.1, -0.05) is 22.4 Å². The van der Waals surface area contributed by atoms with E-state index in [1.54, 1.807) is 11.8 Å². The van der Waals surface area contributed by atoms with Gasteiger partial charge in [-0.05, 0) is 37.0 Å². The number of hydrogen-bond acceptors (Lipinski definition) is 2. The second-order valence-electron chi connectivity index (χ2n) is 5.37. The zero-order chi connectivity index (χ0) is 13.6. The Morgan fingerprint density at radius 1 is 1.32 bits per heavy atom. The van der Waals surface area contributed by atoms with Gasteiger partial charge in [0.25, 0.3) is 0 Å². The molecule has 0 radical (unpaired) electrons. The van der Waals surface area contributed by atoms with E-state index in [4.69, 9.17) is 0 Å². The number of halogens is 1. The van der Waals surface area contributed by atoms with Crippen molar-refractivity contribution in [2.75, 3.05) is 11.4 Å². The Morgan fingerprint density at radius 2 is 2.05 bits per heavy atom. The standard InChI is InChI=1S/C15H16BrNO2/c1-9(18)17-6-5-11-7-13(16)12(8-14(11)17)15(19)10-3-2-4-10/h7-8,10H,2-6H2,1H3. The third kappa shape index (κ3) is 2.12. The lowest BCUT2D eigenvalue weighted by atomic mass is 9.80. The van der Waals surface area contributed by atoms with Crippen molar-refractivity contribution in [2.45, 2.75) is 32.6 Å². The third-order valence-electron chi connectivity index (χ3n) is 4.19. The summed E-state index contributed by atoms with van der Waals surface area (Å²) < 4.78 is 0.869. The molecule has 2 aliphatic rings. The van der Waals surface area contributed by atoms with Crippen LogP contribution >= 0.6 is 15.9 Å². The van der Waals surface area contributed by atoms with Crippen LogP contribution in [0.2, 0.25) is 0 Å². The molecule has 1 heterocycles. The van der Waals surface area contributed by atoms with Crippen molar-refractivity contribution in [3.05, 3.63) is 27.7 Å². The van der Waals surface area contributed by atoms with E-state index in [-0.39, 0.29) is 17.6 Å². The van der Waals surface area contributed by atoms with Crippen molar-refractivity contribution >= 4 is 33.3 Å². The summed E-state index contributed by atoms with van der Waals surface area (Å²) in [7, 11) is 0. The number of Topliss-reactive ketones (excluding diaryl/α,β-unsaturated/α-hetero) is 1. The maximum Gasteiger partial charge on any atom is 0.223 e. The highest BCUT2D eigenvalue weighted by Gasteiger charge is 2.30. The largest absolute Gasteiger partial charge is 0.312 e. The topological polar surface area (TPSA) is 37.4 Å². The van der Waals surface area contributed by atoms with Crippen molar-refractivity contribution in [2.24, 2.45) is 5.92 Å². The van der Waals surface area contributed by atoms with Crippen LogP contribution in [-0.4, -0.2) is 18.2 Å². The summed E-state index contributed by atoms with van der Waals surface area (Å²) in [6.07, 6.45) is 4.02. The van der Waals surface area contributed by atoms with Gasteiger partial charge in [-0.3, -0.25) is 9.59 Å². The van der Waals surface area contributed by atoms with Gasteiger partial charge < -0.3 is 4.90 Å². The number of carbonyl (C=O) groups is 2. The van der Waals surface area contributed by atoms with Gasteiger partial charge in [0, 0.05) is 35.1 Å². The predicted molar refractivity (Wildman–Crippen MR) is 77.5 cm³/mol. The predicted octanol–water partition coefficient (Wildman–Crippen LogP) is 3.34. The minimum atomic E-state index is 0.0446. The van der Waals surface area contributed by atoms with E-state index in [0.717, 1.165) is 53.5 Å². The van der Waals surface area contributed by atoms with Gasteiger partial charge in [0.2, 0.25) is 5.91 Å². The lowest BCUT2D eigenvalue weighted by molar-refractivity contribution is -0.116. The molecule has 3 nitrogen and oxygen atoms in total. The molecule has 0 bridgehead atoms. The molecule has 0 spiro atoms. The monoisotopic (exact) mass is 321 g/mol. The molecule has 4 heteroatoms. The Kier molecular flexibility index (Phi) is 3.21. The Hall–Kier alpha value is -1.16. The lowest BCUT2D eigenvalue weighted by Crippen LogP contribution is -2.26. The van der Waals surface area contributed by atoms with Crippen molar-refractivity contribution < 1.29 is 9.59 Å². The van der Waals surface area contributed by atoms with Gasteiger partial charge in [-0.15, -0.1) is 0 Å². The summed E-state index contributed by atoms with van der Waals surface area (Å²) in [5.74, 6) is 0.445. The fourth-order valence-corrected chi connectivity index (χ4v) is 3.40. The summed E-state index contributed by atoms with van der Waals surface area (Å²) in [5.41, 5.74) is 2.79. The molecule has 100 valence electrons. The number of fused-ring (bicyclic) bond motifs is 1. The van der Waals surface area contributed by atoms with Gasteiger partial charge in [-0.25, -0.2) is 0 Å². The van der Waals surface area contributed by atoms with E-state index in [2.05, 4.69) is 15.9 Å². The number of ketones is 1. The second kappa shape index (κ2) is 4.75. The highest BCUT2D eigenvalue weighted by atomic mass is 79.9. The third-order valence-corrected chi connectivity index (χ3v) is 4.84. The smallest absolute Gasteiger partial charge is 0.223 e. The zero-order valence-electron chi connectivity index (χ0n) is 10.9. The van der Waals surface area contributed by atoms with Crippen LogP contribution in [0.4, 0.5) is 5.69 Å². The molecule has 19 heavy (non-hydrogen) atoms. The van der Waals surface area contributed by atoms with Crippen molar-refractivity contribution in [3.8, 4) is 0 Å². The first kappa shape index (κ1) is 12.9. The molecule has 1 saturated carbocycles. The summed E-state index contributed by atoms with van der Waals surface area (Å²) in [4.78, 5) is 25.8. The van der Waals surface area contributed by atoms with Gasteiger partial charge in [0.05, 0.1) is 0 Å². The summed E-state index contributed by atoms with van der Waals surface area (Å²) >= 11 is 3.50. The van der Waals surface area contributed by atoms with Gasteiger partial charge in [0.15, 0.2) is 5.78 Å². The van der Waals surface area contributed by atoms with Crippen LogP contribution in [0.25, 0.3) is 0 Å². The second-order valence-corrected chi connectivity index (χ2v) is 6.23. The van der Waals surface area contributed by atoms with Crippen LogP contribution in [-0.2, 0) is 11.2 Å². The summed E-state index contributed by atoms with van der Waals surface area (Å²) in [6.45, 7) is 2.29. The minimum Gasteiger partial charge on any atom is -0.312 e. The first-order valence-electron chi connectivity index (χ1n) is 6.72. The average Bonchev–Trinajstić information content (AvgIpc) is 2.67. The normalized spacial score (nSPS) is 18.1. The molecular weight excluding hydrogens is 306 g/mol. The Morgan fingerprint density at radius 3 is 2.63 bits per heavy atom. The molecule has 1 aromatic rings. The van der Waals surface area contributed by atoms with Gasteiger partial charge in [-0.2, -0.15) is 0 Å². The fourth-order valence-electron chi connectivity index (χ4n) is 2.81. The molecule has 1 aromatic carbocycles. The quantitative estimate of drug-likeness (QED) is 0.783. The first-order chi connectivity index (χ1) is 9.08. The zero-order valence-corrected chi connectivity index (χ0v) is 12.5. The first-order valence-corrected chi connectivity index (χ1v) is 7.52. The average molecular weight is 322 g/mol. The molecule has 0 N–H and O–H groups in total. The minimum absolute atomic E-state index is 0.0446.